The van der Waals surface area contributed by atoms with Crippen molar-refractivity contribution in [1.82, 2.24) is 0 Å². The molecule has 9 unspecified atom stereocenters. The first-order chi connectivity index (χ1) is 25.0. The SMILES string of the molecule is CC(=O)Oc1c(C)c2c(O)c3c1C1=C(OCOC1=C(C)C3=O)C(C)=CC(C)(O)C(O)C(C)C(O)C1C(=O)OC(C(C)C1O)C(C)(O)/C=C\C=C(/C)C(=O)N2. The van der Waals surface area contributed by atoms with Crippen LogP contribution in [0.25, 0.3) is 5.57 Å². The number of aromatic hydroxyl groups is 1. The molecule has 0 aromatic heterocycles. The van der Waals surface area contributed by atoms with E-state index >= 15 is 0 Å². The number of aliphatic hydroxyl groups is 5. The number of allylic oxidation sites excluding steroid dienone is 5. The number of carbonyl (C=O) groups excluding carboxylic acids is 4. The van der Waals surface area contributed by atoms with Crippen molar-refractivity contribution in [3.63, 3.8) is 0 Å². The summed E-state index contributed by atoms with van der Waals surface area (Å²) in [6, 6.07) is 0. The van der Waals surface area contributed by atoms with Gasteiger partial charge in [0.2, 0.25) is 6.79 Å². The van der Waals surface area contributed by atoms with Crippen molar-refractivity contribution < 1.29 is 68.8 Å². The average molecular weight is 754 g/mol. The van der Waals surface area contributed by atoms with E-state index in [0.29, 0.717) is 0 Å². The van der Waals surface area contributed by atoms with Crippen molar-refractivity contribution in [2.24, 2.45) is 17.8 Å². The quantitative estimate of drug-likeness (QED) is 0.124. The van der Waals surface area contributed by atoms with Crippen LogP contribution in [-0.2, 0) is 28.6 Å². The van der Waals surface area contributed by atoms with Gasteiger partial charge in [-0.3, -0.25) is 19.2 Å². The molecule has 6 bridgehead atoms. The number of amides is 1. The minimum Gasteiger partial charge on any atom is -0.505 e. The molecule has 292 valence electrons. The molecule has 6 heterocycles. The van der Waals surface area contributed by atoms with E-state index in [-0.39, 0.29) is 61.9 Å². The Hall–Kier alpha value is -4.80. The Labute approximate surface area is 311 Å². The smallest absolute Gasteiger partial charge is 0.314 e. The van der Waals surface area contributed by atoms with Gasteiger partial charge in [0.25, 0.3) is 5.91 Å². The Morgan fingerprint density at radius 3 is 2.15 bits per heavy atom. The van der Waals surface area contributed by atoms with E-state index in [1.807, 2.05) is 0 Å². The van der Waals surface area contributed by atoms with Crippen LogP contribution in [0.4, 0.5) is 5.69 Å². The van der Waals surface area contributed by atoms with E-state index in [2.05, 4.69) is 5.32 Å². The first-order valence-electron chi connectivity index (χ1n) is 17.4. The summed E-state index contributed by atoms with van der Waals surface area (Å²) < 4.78 is 22.9. The molecule has 9 atom stereocenters. The zero-order valence-electron chi connectivity index (χ0n) is 31.5. The minimum absolute atomic E-state index is 0.0103. The number of aliphatic hydroxyl groups excluding tert-OH is 3. The molecule has 1 fully saturated rings. The fourth-order valence-electron chi connectivity index (χ4n) is 7.59. The summed E-state index contributed by atoms with van der Waals surface area (Å²) in [6.45, 7) is 12.1. The maximum Gasteiger partial charge on any atom is 0.314 e. The Kier molecular flexibility index (Phi) is 10.8. The third kappa shape index (κ3) is 6.86. The van der Waals surface area contributed by atoms with Gasteiger partial charge >= 0.3 is 11.9 Å². The van der Waals surface area contributed by atoms with Crippen LogP contribution in [0.1, 0.15) is 76.9 Å². The van der Waals surface area contributed by atoms with Gasteiger partial charge in [0.1, 0.15) is 40.5 Å². The van der Waals surface area contributed by atoms with Crippen LogP contribution in [-0.4, -0.2) is 96.7 Å². The highest BCUT2D eigenvalue weighted by Gasteiger charge is 2.53. The van der Waals surface area contributed by atoms with Crippen molar-refractivity contribution in [2.75, 3.05) is 12.1 Å². The lowest BCUT2D eigenvalue weighted by Gasteiger charge is -2.45. The lowest BCUT2D eigenvalue weighted by Crippen LogP contribution is -2.60. The van der Waals surface area contributed by atoms with Gasteiger partial charge in [0, 0.05) is 41.0 Å². The van der Waals surface area contributed by atoms with Crippen molar-refractivity contribution in [3.05, 3.63) is 69.2 Å². The Morgan fingerprint density at radius 2 is 1.52 bits per heavy atom. The van der Waals surface area contributed by atoms with Crippen LogP contribution in [0.5, 0.6) is 11.5 Å². The molecule has 0 spiro atoms. The summed E-state index contributed by atoms with van der Waals surface area (Å²) in [5.41, 5.74) is -4.31. The van der Waals surface area contributed by atoms with Crippen LogP contribution in [0.15, 0.2) is 52.5 Å². The predicted octanol–water partition coefficient (Wildman–Crippen LogP) is 2.61. The van der Waals surface area contributed by atoms with E-state index in [1.54, 1.807) is 0 Å². The standard InChI is InChI=1S/C39H47NO14/c1-15-11-10-12-38(8,49)35-20(6)29(44)25(37(48)54-35)28(43)19(5)34(46)39(9,50)13-16(2)31-24-22-23(27(42)18(4)32(24)52-14-51-31)30(45)26(40-36(15)47)17(3)33(22)53-21(7)41/h10-13,19-20,25,28-29,34-35,43-46,49-50H,14H2,1-9H3,(H,40,47)/b12-10-,15-11+,16-13?. The molecule has 0 radical (unpaired) electrons. The summed E-state index contributed by atoms with van der Waals surface area (Å²) in [5, 5.41) is 71.6. The molecule has 6 aliphatic heterocycles. The molecule has 7 N–H and O–H groups in total. The van der Waals surface area contributed by atoms with Crippen LogP contribution in [0.2, 0.25) is 0 Å². The number of Topliss-reactive ketones (excluding diaryl/α,β-unsaturated/α-hetero) is 1. The fourth-order valence-corrected chi connectivity index (χ4v) is 7.59. The monoisotopic (exact) mass is 753 g/mol. The van der Waals surface area contributed by atoms with Gasteiger partial charge in [0.15, 0.2) is 11.5 Å². The number of hydrogen-bond acceptors (Lipinski definition) is 14. The van der Waals surface area contributed by atoms with E-state index in [0.717, 1.165) is 6.92 Å². The molecular weight excluding hydrogens is 706 g/mol. The highest BCUT2D eigenvalue weighted by molar-refractivity contribution is 6.21. The van der Waals surface area contributed by atoms with E-state index in [9.17, 15) is 49.8 Å². The predicted molar refractivity (Wildman–Crippen MR) is 191 cm³/mol. The molecule has 0 saturated carbocycles. The first kappa shape index (κ1) is 40.4. The summed E-state index contributed by atoms with van der Waals surface area (Å²) in [4.78, 5) is 53.3. The maximum atomic E-state index is 13.9. The van der Waals surface area contributed by atoms with Gasteiger partial charge in [-0.25, -0.2) is 0 Å². The lowest BCUT2D eigenvalue weighted by molar-refractivity contribution is -0.211. The van der Waals surface area contributed by atoms with Crippen molar-refractivity contribution in [3.8, 4) is 11.5 Å². The number of phenolic OH excluding ortho intramolecular Hbond substituents is 1. The Balaban J connectivity index is 1.80. The molecule has 54 heavy (non-hydrogen) atoms. The van der Waals surface area contributed by atoms with Gasteiger partial charge in [-0.1, -0.05) is 26.0 Å². The largest absolute Gasteiger partial charge is 0.505 e. The van der Waals surface area contributed by atoms with Gasteiger partial charge in [-0.15, -0.1) is 0 Å². The lowest BCUT2D eigenvalue weighted by atomic mass is 9.73. The van der Waals surface area contributed by atoms with Crippen molar-refractivity contribution in [2.45, 2.75) is 97.9 Å². The summed E-state index contributed by atoms with van der Waals surface area (Å²) >= 11 is 0. The molecule has 7 aliphatic rings. The normalized spacial score (nSPS) is 34.9. The molecule has 1 aromatic carbocycles. The maximum absolute atomic E-state index is 13.9. The molecule has 1 saturated heterocycles. The number of ketones is 1. The van der Waals surface area contributed by atoms with Crippen molar-refractivity contribution in [1.29, 1.82) is 0 Å². The summed E-state index contributed by atoms with van der Waals surface area (Å²) in [6.07, 6.45) is -1.21. The Morgan fingerprint density at radius 1 is 0.907 bits per heavy atom. The number of esters is 2. The number of rotatable bonds is 1. The number of carbonyl (C=O) groups is 4. The summed E-state index contributed by atoms with van der Waals surface area (Å²) in [7, 11) is 0. The first-order valence-corrected chi connectivity index (χ1v) is 17.4. The number of ether oxygens (including phenoxy) is 4. The van der Waals surface area contributed by atoms with Gasteiger partial charge in [-0.05, 0) is 59.3 Å². The summed E-state index contributed by atoms with van der Waals surface area (Å²) in [5.74, 6) is -7.85. The van der Waals surface area contributed by atoms with Gasteiger partial charge < -0.3 is 54.9 Å². The van der Waals surface area contributed by atoms with Crippen LogP contribution < -0.4 is 10.1 Å². The highest BCUT2D eigenvalue weighted by atomic mass is 16.7. The number of phenols is 1. The third-order valence-electron chi connectivity index (χ3n) is 10.7. The molecule has 15 nitrogen and oxygen atoms in total. The highest BCUT2D eigenvalue weighted by Crippen LogP contribution is 2.53. The third-order valence-corrected chi connectivity index (χ3v) is 10.7. The second-order valence-electron chi connectivity index (χ2n) is 14.9. The van der Waals surface area contributed by atoms with E-state index in [4.69, 9.17) is 18.9 Å². The second-order valence-corrected chi connectivity index (χ2v) is 14.9. The molecular formula is C39H47NO14. The van der Waals surface area contributed by atoms with E-state index < -0.39 is 89.5 Å². The number of hydrogen-bond donors (Lipinski definition) is 7. The molecule has 8 rings (SSSR count). The van der Waals surface area contributed by atoms with Crippen molar-refractivity contribution >= 4 is 34.9 Å². The number of benzene rings is 1. The number of nitrogens with one attached hydrogen (secondary N) is 1. The molecule has 15 heteroatoms. The van der Waals surface area contributed by atoms with E-state index in [1.165, 1.54) is 79.7 Å². The molecule has 1 amide bonds. The van der Waals surface area contributed by atoms with Crippen LogP contribution >= 0.6 is 0 Å². The topological polar surface area (TPSA) is 239 Å². The second kappa shape index (κ2) is 14.5. The van der Waals surface area contributed by atoms with Crippen LogP contribution in [0.3, 0.4) is 0 Å². The number of anilines is 1. The van der Waals surface area contributed by atoms with Gasteiger partial charge in [-0.2, -0.15) is 0 Å². The zero-order chi connectivity index (χ0) is 40.4. The van der Waals surface area contributed by atoms with Crippen LogP contribution in [0, 0.1) is 24.7 Å². The Bertz CT molecular complexity index is 1960. The minimum atomic E-state index is -2.15. The van der Waals surface area contributed by atoms with Gasteiger partial charge in [0.05, 0.1) is 35.1 Å². The molecule has 1 aromatic rings. The average Bonchev–Trinajstić information content (AvgIpc) is 3.09. The zero-order valence-corrected chi connectivity index (χ0v) is 31.5. The fraction of sp³-hybridized carbons (Fsp3) is 0.487. The molecule has 1 aliphatic carbocycles.